The van der Waals surface area contributed by atoms with Crippen molar-refractivity contribution < 1.29 is 9.53 Å². The van der Waals surface area contributed by atoms with E-state index in [1.54, 1.807) is 7.11 Å². The summed E-state index contributed by atoms with van der Waals surface area (Å²) in [5.74, 6) is 0. The number of aromatic nitrogens is 1. The Morgan fingerprint density at radius 1 is 1.48 bits per heavy atom. The molecule has 2 atom stereocenters. The van der Waals surface area contributed by atoms with Gasteiger partial charge in [-0.15, -0.1) is 0 Å². The van der Waals surface area contributed by atoms with E-state index in [0.717, 1.165) is 26.1 Å². The van der Waals surface area contributed by atoms with Gasteiger partial charge >= 0.3 is 6.03 Å². The molecule has 2 fully saturated rings. The van der Waals surface area contributed by atoms with E-state index in [9.17, 15) is 4.79 Å². The summed E-state index contributed by atoms with van der Waals surface area (Å²) >= 11 is 0. The standard InChI is InChI=1S/C15H24N4O2/c1-17-6-3-4-12(17)10-18-7-5-14-13(11-18)16-15(20)19(14)8-9-21-2/h3-4,6,13-14H,5,7-11H2,1-2H3,(H,16,20)/t13-,14+/m1/s1. The fourth-order valence-corrected chi connectivity index (χ4v) is 3.40. The van der Waals surface area contributed by atoms with Gasteiger partial charge in [-0.25, -0.2) is 4.79 Å². The summed E-state index contributed by atoms with van der Waals surface area (Å²) in [5.41, 5.74) is 1.31. The van der Waals surface area contributed by atoms with Crippen LogP contribution in [0.2, 0.25) is 0 Å². The molecule has 6 nitrogen and oxygen atoms in total. The first kappa shape index (κ1) is 14.4. The van der Waals surface area contributed by atoms with Gasteiger partial charge in [0.25, 0.3) is 0 Å². The van der Waals surface area contributed by atoms with Gasteiger partial charge < -0.3 is 19.5 Å². The van der Waals surface area contributed by atoms with Gasteiger partial charge in [-0.1, -0.05) is 0 Å². The van der Waals surface area contributed by atoms with E-state index in [0.29, 0.717) is 19.2 Å². The van der Waals surface area contributed by atoms with Crippen molar-refractivity contribution in [1.82, 2.24) is 19.7 Å². The van der Waals surface area contributed by atoms with E-state index in [1.165, 1.54) is 5.69 Å². The highest BCUT2D eigenvalue weighted by Gasteiger charge is 2.42. The Bertz CT molecular complexity index is 502. The number of nitrogens with one attached hydrogen (secondary N) is 1. The number of aryl methyl sites for hydroxylation is 1. The number of hydrogen-bond acceptors (Lipinski definition) is 3. The Morgan fingerprint density at radius 2 is 2.33 bits per heavy atom. The molecule has 1 aromatic rings. The molecule has 0 radical (unpaired) electrons. The van der Waals surface area contributed by atoms with Crippen LogP contribution >= 0.6 is 0 Å². The first-order chi connectivity index (χ1) is 10.2. The SMILES string of the molecule is COCCN1C(=O)N[C@@H]2CN(Cc3cccn3C)CC[C@@H]21. The van der Waals surface area contributed by atoms with Crippen molar-refractivity contribution in [2.75, 3.05) is 33.4 Å². The summed E-state index contributed by atoms with van der Waals surface area (Å²) in [6.45, 7) is 4.18. The highest BCUT2D eigenvalue weighted by molar-refractivity contribution is 5.77. The summed E-state index contributed by atoms with van der Waals surface area (Å²) in [5, 5.41) is 3.12. The van der Waals surface area contributed by atoms with Gasteiger partial charge in [-0.05, 0) is 18.6 Å². The lowest BCUT2D eigenvalue weighted by molar-refractivity contribution is 0.110. The van der Waals surface area contributed by atoms with Crippen LogP contribution in [-0.4, -0.2) is 65.8 Å². The number of urea groups is 1. The number of ether oxygens (including phenoxy) is 1. The fourth-order valence-electron chi connectivity index (χ4n) is 3.40. The van der Waals surface area contributed by atoms with Gasteiger partial charge in [-0.2, -0.15) is 0 Å². The molecule has 2 aliphatic rings. The van der Waals surface area contributed by atoms with Crippen molar-refractivity contribution >= 4 is 6.03 Å². The number of hydrogen-bond donors (Lipinski definition) is 1. The van der Waals surface area contributed by atoms with Crippen LogP contribution < -0.4 is 5.32 Å². The molecule has 2 saturated heterocycles. The molecule has 2 aliphatic heterocycles. The second kappa shape index (κ2) is 6.07. The number of methoxy groups -OCH3 is 1. The van der Waals surface area contributed by atoms with Crippen LogP contribution in [0.15, 0.2) is 18.3 Å². The lowest BCUT2D eigenvalue weighted by Gasteiger charge is -2.36. The zero-order valence-electron chi connectivity index (χ0n) is 12.8. The average molecular weight is 292 g/mol. The molecule has 6 heteroatoms. The van der Waals surface area contributed by atoms with Crippen LogP contribution in [0.25, 0.3) is 0 Å². The van der Waals surface area contributed by atoms with E-state index in [1.807, 2.05) is 4.90 Å². The molecule has 1 N–H and O–H groups in total. The summed E-state index contributed by atoms with van der Waals surface area (Å²) in [6, 6.07) is 4.85. The molecular formula is C15H24N4O2. The Kier molecular flexibility index (Phi) is 4.17. The molecule has 0 saturated carbocycles. The minimum Gasteiger partial charge on any atom is -0.383 e. The van der Waals surface area contributed by atoms with Crippen LogP contribution in [0.3, 0.4) is 0 Å². The molecule has 116 valence electrons. The lowest BCUT2D eigenvalue weighted by atomic mass is 10.00. The molecule has 0 aliphatic carbocycles. The topological polar surface area (TPSA) is 49.7 Å². The van der Waals surface area contributed by atoms with Crippen molar-refractivity contribution in [3.63, 3.8) is 0 Å². The molecule has 21 heavy (non-hydrogen) atoms. The van der Waals surface area contributed by atoms with Crippen LogP contribution in [0, 0.1) is 0 Å². The van der Waals surface area contributed by atoms with Gasteiger partial charge in [0.1, 0.15) is 0 Å². The van der Waals surface area contributed by atoms with E-state index >= 15 is 0 Å². The molecular weight excluding hydrogens is 268 g/mol. The number of carbonyl (C=O) groups excluding carboxylic acids is 1. The number of likely N-dealkylation sites (tertiary alicyclic amines) is 1. The minimum absolute atomic E-state index is 0.0581. The first-order valence-corrected chi connectivity index (χ1v) is 7.57. The summed E-state index contributed by atoms with van der Waals surface area (Å²) in [4.78, 5) is 16.4. The predicted octanol–water partition coefficient (Wildman–Crippen LogP) is 0.640. The third-order valence-electron chi connectivity index (χ3n) is 4.60. The normalized spacial score (nSPS) is 26.0. The van der Waals surface area contributed by atoms with Crippen molar-refractivity contribution in [3.8, 4) is 0 Å². The van der Waals surface area contributed by atoms with Gasteiger partial charge in [0.2, 0.25) is 0 Å². The average Bonchev–Trinajstić information content (AvgIpc) is 3.00. The Balaban J connectivity index is 1.59. The first-order valence-electron chi connectivity index (χ1n) is 7.57. The maximum atomic E-state index is 12.1. The molecule has 0 aromatic carbocycles. The quantitative estimate of drug-likeness (QED) is 0.866. The highest BCUT2D eigenvalue weighted by atomic mass is 16.5. The Morgan fingerprint density at radius 3 is 3.05 bits per heavy atom. The zero-order valence-corrected chi connectivity index (χ0v) is 12.8. The predicted molar refractivity (Wildman–Crippen MR) is 80.0 cm³/mol. The van der Waals surface area contributed by atoms with Gasteiger partial charge in [0.05, 0.1) is 18.7 Å². The molecule has 1 aromatic heterocycles. The number of fused-ring (bicyclic) bond motifs is 1. The number of carbonyl (C=O) groups is 1. The third kappa shape index (κ3) is 2.91. The monoisotopic (exact) mass is 292 g/mol. The summed E-state index contributed by atoms with van der Waals surface area (Å²) in [6.07, 6.45) is 3.10. The molecule has 0 bridgehead atoms. The van der Waals surface area contributed by atoms with E-state index in [-0.39, 0.29) is 12.1 Å². The molecule has 0 unspecified atom stereocenters. The van der Waals surface area contributed by atoms with Crippen molar-refractivity contribution in [2.45, 2.75) is 25.0 Å². The molecule has 2 amide bonds. The van der Waals surface area contributed by atoms with E-state index in [2.05, 4.69) is 40.2 Å². The summed E-state index contributed by atoms with van der Waals surface area (Å²) in [7, 11) is 3.75. The number of piperidine rings is 1. The highest BCUT2D eigenvalue weighted by Crippen LogP contribution is 2.23. The van der Waals surface area contributed by atoms with Gasteiger partial charge in [0, 0.05) is 52.2 Å². The van der Waals surface area contributed by atoms with Crippen molar-refractivity contribution in [1.29, 1.82) is 0 Å². The molecule has 3 rings (SSSR count). The Hall–Kier alpha value is -1.53. The van der Waals surface area contributed by atoms with Crippen LogP contribution in [-0.2, 0) is 18.3 Å². The van der Waals surface area contributed by atoms with Gasteiger partial charge in [0.15, 0.2) is 0 Å². The maximum absolute atomic E-state index is 12.1. The smallest absolute Gasteiger partial charge is 0.318 e. The third-order valence-corrected chi connectivity index (χ3v) is 4.60. The minimum atomic E-state index is 0.0581. The zero-order chi connectivity index (χ0) is 14.8. The fraction of sp³-hybridized carbons (Fsp3) is 0.667. The number of rotatable bonds is 5. The Labute approximate surface area is 125 Å². The van der Waals surface area contributed by atoms with E-state index in [4.69, 9.17) is 4.74 Å². The largest absolute Gasteiger partial charge is 0.383 e. The van der Waals surface area contributed by atoms with Crippen LogP contribution in [0.1, 0.15) is 12.1 Å². The number of nitrogens with zero attached hydrogens (tertiary/aromatic N) is 3. The molecule has 0 spiro atoms. The summed E-state index contributed by atoms with van der Waals surface area (Å²) < 4.78 is 7.26. The van der Waals surface area contributed by atoms with Crippen LogP contribution in [0.4, 0.5) is 4.79 Å². The molecule has 3 heterocycles. The van der Waals surface area contributed by atoms with Crippen molar-refractivity contribution in [3.05, 3.63) is 24.0 Å². The van der Waals surface area contributed by atoms with Crippen LogP contribution in [0.5, 0.6) is 0 Å². The van der Waals surface area contributed by atoms with Crippen molar-refractivity contribution in [2.24, 2.45) is 7.05 Å². The maximum Gasteiger partial charge on any atom is 0.318 e. The second-order valence-electron chi connectivity index (χ2n) is 5.94. The number of amides is 2. The van der Waals surface area contributed by atoms with E-state index < -0.39 is 0 Å². The lowest BCUT2D eigenvalue weighted by Crippen LogP contribution is -2.51. The second-order valence-corrected chi connectivity index (χ2v) is 5.94. The van der Waals surface area contributed by atoms with Gasteiger partial charge in [-0.3, -0.25) is 4.90 Å².